The van der Waals surface area contributed by atoms with E-state index in [0.29, 0.717) is 0 Å². The second kappa shape index (κ2) is 7.37. The van der Waals surface area contributed by atoms with Crippen molar-refractivity contribution in [2.24, 2.45) is 0 Å². The van der Waals surface area contributed by atoms with Crippen LogP contribution in [-0.4, -0.2) is 34.8 Å². The molecule has 0 saturated heterocycles. The van der Waals surface area contributed by atoms with Crippen LogP contribution in [0.15, 0.2) is 43.4 Å². The Balaban J connectivity index is 1.38. The highest BCUT2D eigenvalue weighted by Gasteiger charge is 2.04. The van der Waals surface area contributed by atoms with Gasteiger partial charge in [0.05, 0.1) is 12.0 Å². The molecule has 0 aromatic carbocycles. The topological polar surface area (TPSA) is 60.0 Å². The van der Waals surface area contributed by atoms with Gasteiger partial charge in [0.1, 0.15) is 4.32 Å². The number of nitrogens with zero attached hydrogens (tertiary/aromatic N) is 5. The lowest BCUT2D eigenvalue weighted by atomic mass is 10.4. The Bertz CT molecular complexity index is 704. The molecule has 0 aliphatic carbocycles. The fourth-order valence-electron chi connectivity index (χ4n) is 2.01. The Labute approximate surface area is 138 Å². The molecule has 1 N–H and O–H groups in total. The van der Waals surface area contributed by atoms with Crippen molar-refractivity contribution in [3.8, 4) is 0 Å². The van der Waals surface area contributed by atoms with Gasteiger partial charge in [-0.1, -0.05) is 24.0 Å². The molecule has 3 rings (SSSR count). The van der Waals surface area contributed by atoms with E-state index in [9.17, 15) is 0 Å². The van der Waals surface area contributed by atoms with Crippen LogP contribution in [0.3, 0.4) is 0 Å². The molecule has 22 heavy (non-hydrogen) atoms. The van der Waals surface area contributed by atoms with Crippen LogP contribution in [0.2, 0.25) is 0 Å². The van der Waals surface area contributed by atoms with E-state index >= 15 is 0 Å². The van der Waals surface area contributed by atoms with Crippen LogP contribution >= 0.6 is 24.0 Å². The summed E-state index contributed by atoms with van der Waals surface area (Å²) in [6, 6.07) is 1.89. The lowest BCUT2D eigenvalue weighted by Crippen LogP contribution is -2.20. The van der Waals surface area contributed by atoms with Gasteiger partial charge >= 0.3 is 0 Å². The molecule has 0 amide bonds. The fraction of sp³-hybridized carbons (Fsp3) is 0.286. The first kappa shape index (κ1) is 15.0. The summed E-state index contributed by atoms with van der Waals surface area (Å²) >= 11 is 6.92. The van der Waals surface area contributed by atoms with Crippen molar-refractivity contribution in [3.05, 3.63) is 49.1 Å². The van der Waals surface area contributed by atoms with Gasteiger partial charge in [-0.25, -0.2) is 15.0 Å². The molecule has 0 spiro atoms. The van der Waals surface area contributed by atoms with Crippen LogP contribution in [0.4, 0.5) is 0 Å². The minimum absolute atomic E-state index is 0.720. The van der Waals surface area contributed by atoms with Crippen LogP contribution in [0.1, 0.15) is 12.1 Å². The molecule has 0 atom stereocenters. The number of thioether (sulfide) groups is 1. The van der Waals surface area contributed by atoms with E-state index in [0.717, 1.165) is 41.1 Å². The molecule has 3 heterocycles. The van der Waals surface area contributed by atoms with Crippen LogP contribution in [-0.2, 0) is 12.3 Å². The third kappa shape index (κ3) is 4.05. The number of hydrogen-bond donors (Lipinski definition) is 1. The van der Waals surface area contributed by atoms with Crippen LogP contribution < -0.4 is 5.32 Å². The minimum Gasteiger partial charge on any atom is -0.371 e. The van der Waals surface area contributed by atoms with E-state index < -0.39 is 0 Å². The zero-order chi connectivity index (χ0) is 15.2. The third-order valence-electron chi connectivity index (χ3n) is 3.06. The molecule has 0 fully saturated rings. The molecular weight excluding hydrogens is 316 g/mol. The van der Waals surface area contributed by atoms with E-state index in [1.54, 1.807) is 24.2 Å². The molecule has 3 aromatic rings. The van der Waals surface area contributed by atoms with E-state index in [-0.39, 0.29) is 0 Å². The number of imidazole rings is 2. The van der Waals surface area contributed by atoms with Gasteiger partial charge in [0.15, 0.2) is 0 Å². The molecule has 3 aromatic heterocycles. The second-order valence-electron chi connectivity index (χ2n) is 4.72. The number of rotatable bonds is 6. The van der Waals surface area contributed by atoms with Gasteiger partial charge in [-0.15, -0.1) is 0 Å². The summed E-state index contributed by atoms with van der Waals surface area (Å²) in [5.41, 5.74) is 0.978. The van der Waals surface area contributed by atoms with E-state index in [2.05, 4.69) is 24.8 Å². The zero-order valence-electron chi connectivity index (χ0n) is 11.9. The lowest BCUT2D eigenvalue weighted by Gasteiger charge is -2.06. The monoisotopic (exact) mass is 332 g/mol. The maximum atomic E-state index is 5.33. The highest BCUT2D eigenvalue weighted by Crippen LogP contribution is 2.12. The smallest absolute Gasteiger partial charge is 0.233 e. The van der Waals surface area contributed by atoms with Gasteiger partial charge in [0.25, 0.3) is 0 Å². The quantitative estimate of drug-likeness (QED) is 0.551. The predicted octanol–water partition coefficient (Wildman–Crippen LogP) is 2.12. The van der Waals surface area contributed by atoms with Crippen LogP contribution in [0, 0.1) is 0 Å². The largest absolute Gasteiger partial charge is 0.371 e. The zero-order valence-corrected chi connectivity index (χ0v) is 13.6. The molecular formula is C14H16N6S2. The normalized spacial score (nSPS) is 10.9. The first-order valence-electron chi connectivity index (χ1n) is 6.96. The average Bonchev–Trinajstić information content (AvgIpc) is 3.18. The number of aryl methyl sites for hydroxylation is 1. The summed E-state index contributed by atoms with van der Waals surface area (Å²) in [4.78, 5) is 12.7. The van der Waals surface area contributed by atoms with Gasteiger partial charge in [-0.3, -0.25) is 4.40 Å². The van der Waals surface area contributed by atoms with Gasteiger partial charge < -0.3 is 9.88 Å². The standard InChI is InChI=1S/C14H16N6S2/c21-14(17-4-1-6-19-8-5-15-11-19)22-10-12-9-20-7-2-3-16-13(20)18-12/h2-3,5,7-9,11H,1,4,6,10H2,(H,17,21). The predicted molar refractivity (Wildman–Crippen MR) is 91.7 cm³/mol. The van der Waals surface area contributed by atoms with Crippen molar-refractivity contribution < 1.29 is 0 Å². The van der Waals surface area contributed by atoms with E-state index in [1.165, 1.54) is 0 Å². The molecule has 0 saturated carbocycles. The van der Waals surface area contributed by atoms with Crippen molar-refractivity contribution in [2.45, 2.75) is 18.7 Å². The Morgan fingerprint density at radius 1 is 1.32 bits per heavy atom. The molecule has 0 unspecified atom stereocenters. The Morgan fingerprint density at radius 3 is 3.09 bits per heavy atom. The second-order valence-corrected chi connectivity index (χ2v) is 6.37. The van der Waals surface area contributed by atoms with Crippen molar-refractivity contribution in [1.82, 2.24) is 29.2 Å². The van der Waals surface area contributed by atoms with Gasteiger partial charge in [0.2, 0.25) is 5.78 Å². The summed E-state index contributed by atoms with van der Waals surface area (Å²) in [6.07, 6.45) is 12.3. The molecule has 0 aliphatic rings. The lowest BCUT2D eigenvalue weighted by molar-refractivity contribution is 0.633. The fourth-order valence-corrected chi connectivity index (χ4v) is 2.91. The number of aromatic nitrogens is 5. The summed E-state index contributed by atoms with van der Waals surface area (Å²) in [7, 11) is 0. The number of fused-ring (bicyclic) bond motifs is 1. The van der Waals surface area contributed by atoms with Gasteiger partial charge in [-0.05, 0) is 12.5 Å². The molecule has 0 radical (unpaired) electrons. The molecule has 8 heteroatoms. The molecule has 6 nitrogen and oxygen atoms in total. The number of hydrogen-bond acceptors (Lipinski definition) is 5. The molecule has 0 aliphatic heterocycles. The van der Waals surface area contributed by atoms with E-state index in [1.807, 2.05) is 35.4 Å². The third-order valence-corrected chi connectivity index (χ3v) is 4.40. The number of thiocarbonyl (C=S) groups is 1. The van der Waals surface area contributed by atoms with Crippen LogP contribution in [0.5, 0.6) is 0 Å². The summed E-state index contributed by atoms with van der Waals surface area (Å²) in [5.74, 6) is 1.47. The van der Waals surface area contributed by atoms with E-state index in [4.69, 9.17) is 12.2 Å². The minimum atomic E-state index is 0.720. The van der Waals surface area contributed by atoms with Gasteiger partial charge in [-0.2, -0.15) is 0 Å². The maximum Gasteiger partial charge on any atom is 0.233 e. The first-order chi connectivity index (χ1) is 10.8. The summed E-state index contributed by atoms with van der Waals surface area (Å²) < 4.78 is 4.77. The summed E-state index contributed by atoms with van der Waals surface area (Å²) in [6.45, 7) is 1.80. The van der Waals surface area contributed by atoms with Crippen molar-refractivity contribution in [3.63, 3.8) is 0 Å². The highest BCUT2D eigenvalue weighted by molar-refractivity contribution is 8.22. The molecule has 114 valence electrons. The number of nitrogens with one attached hydrogen (secondary N) is 1. The van der Waals surface area contributed by atoms with Crippen molar-refractivity contribution in [1.29, 1.82) is 0 Å². The Morgan fingerprint density at radius 2 is 2.27 bits per heavy atom. The molecule has 0 bridgehead atoms. The SMILES string of the molecule is S=C(NCCCn1ccnc1)SCc1cn2cccnc2n1. The average molecular weight is 332 g/mol. The van der Waals surface area contributed by atoms with Crippen LogP contribution in [0.25, 0.3) is 5.78 Å². The summed E-state index contributed by atoms with van der Waals surface area (Å²) in [5, 5.41) is 3.26. The highest BCUT2D eigenvalue weighted by atomic mass is 32.2. The Kier molecular flexibility index (Phi) is 5.02. The van der Waals surface area contributed by atoms with Crippen molar-refractivity contribution >= 4 is 34.1 Å². The van der Waals surface area contributed by atoms with Gasteiger partial charge in [0, 0.05) is 49.8 Å². The Hall–Kier alpha value is -1.93. The van der Waals surface area contributed by atoms with Crippen molar-refractivity contribution in [2.75, 3.05) is 6.54 Å². The maximum absolute atomic E-state index is 5.33. The first-order valence-corrected chi connectivity index (χ1v) is 8.35.